The Kier molecular flexibility index (Phi) is 5.59. The first-order valence-corrected chi connectivity index (χ1v) is 7.64. The summed E-state index contributed by atoms with van der Waals surface area (Å²) >= 11 is 0. The fourth-order valence-corrected chi connectivity index (χ4v) is 2.63. The molecule has 0 saturated carbocycles. The number of likely N-dealkylation sites (tertiary alicyclic amines) is 1. The first-order valence-electron chi connectivity index (χ1n) is 7.64. The minimum atomic E-state index is -1.89. The molecule has 118 valence electrons. The first-order chi connectivity index (χ1) is 10.6. The van der Waals surface area contributed by atoms with Crippen molar-refractivity contribution >= 4 is 5.97 Å². The Morgan fingerprint density at radius 2 is 2.00 bits per heavy atom. The maximum atomic E-state index is 12.4. The third kappa shape index (κ3) is 3.88. The molecule has 0 amide bonds. The summed E-state index contributed by atoms with van der Waals surface area (Å²) in [6.07, 6.45) is 2.01. The zero-order chi connectivity index (χ0) is 16.0. The van der Waals surface area contributed by atoms with E-state index in [-0.39, 0.29) is 0 Å². The minimum Gasteiger partial charge on any atom is -0.462 e. The van der Waals surface area contributed by atoms with Crippen LogP contribution in [0.4, 0.5) is 0 Å². The fraction of sp³-hybridized carbons (Fsp3) is 0.500. The summed E-state index contributed by atoms with van der Waals surface area (Å²) < 4.78 is 5.38. The number of carbonyl (C=O) groups is 1. The zero-order valence-corrected chi connectivity index (χ0v) is 13.2. The van der Waals surface area contributed by atoms with E-state index in [1.807, 2.05) is 6.07 Å². The van der Waals surface area contributed by atoms with E-state index in [9.17, 15) is 9.90 Å². The topological polar surface area (TPSA) is 49.8 Å². The number of carbonyl (C=O) groups excluding carboxylic acids is 1. The summed E-state index contributed by atoms with van der Waals surface area (Å²) in [5.41, 5.74) is -1.45. The second-order valence-electron chi connectivity index (χ2n) is 5.80. The summed E-state index contributed by atoms with van der Waals surface area (Å²) in [7, 11) is 2.09. The van der Waals surface area contributed by atoms with Gasteiger partial charge in [0, 0.05) is 5.56 Å². The average molecular weight is 301 g/mol. The quantitative estimate of drug-likeness (QED) is 0.680. The predicted octanol–water partition coefficient (Wildman–Crippen LogP) is 1.78. The molecule has 2 rings (SSSR count). The van der Waals surface area contributed by atoms with Gasteiger partial charge < -0.3 is 14.7 Å². The third-order valence-corrected chi connectivity index (χ3v) is 4.08. The number of aliphatic hydroxyl groups is 1. The van der Waals surface area contributed by atoms with Gasteiger partial charge in [-0.1, -0.05) is 36.3 Å². The summed E-state index contributed by atoms with van der Waals surface area (Å²) in [5.74, 6) is 4.88. The van der Waals surface area contributed by atoms with Crippen molar-refractivity contribution in [2.24, 2.45) is 5.92 Å². The molecule has 4 heteroatoms. The minimum absolute atomic E-state index is 0.340. The van der Waals surface area contributed by atoms with Crippen molar-refractivity contribution in [3.8, 4) is 11.8 Å². The van der Waals surface area contributed by atoms with E-state index in [2.05, 4.69) is 23.8 Å². The van der Waals surface area contributed by atoms with Crippen LogP contribution >= 0.6 is 0 Å². The molecule has 1 aromatic rings. The molecule has 1 atom stereocenters. The zero-order valence-electron chi connectivity index (χ0n) is 13.2. The highest BCUT2D eigenvalue weighted by atomic mass is 16.5. The lowest BCUT2D eigenvalue weighted by Gasteiger charge is -2.29. The molecule has 0 bridgehead atoms. The summed E-state index contributed by atoms with van der Waals surface area (Å²) in [5, 5.41) is 10.7. The second-order valence-corrected chi connectivity index (χ2v) is 5.80. The molecule has 1 aliphatic heterocycles. The molecule has 0 radical (unpaired) electrons. The lowest BCUT2D eigenvalue weighted by atomic mass is 9.94. The SMILES string of the molecule is CC#CC(O)(C(=O)OCC1CCN(C)CC1)c1ccccc1. The van der Waals surface area contributed by atoms with Crippen LogP contribution in [0.3, 0.4) is 0 Å². The van der Waals surface area contributed by atoms with Gasteiger partial charge in [-0.15, -0.1) is 5.92 Å². The number of rotatable bonds is 4. The largest absolute Gasteiger partial charge is 0.462 e. The number of hydrogen-bond donors (Lipinski definition) is 1. The molecule has 1 aliphatic rings. The van der Waals surface area contributed by atoms with Gasteiger partial charge in [0.25, 0.3) is 0 Å². The molecule has 1 aromatic carbocycles. The number of piperidine rings is 1. The summed E-state index contributed by atoms with van der Waals surface area (Å²) in [4.78, 5) is 14.6. The lowest BCUT2D eigenvalue weighted by Crippen LogP contribution is -2.38. The normalized spacial score (nSPS) is 18.9. The van der Waals surface area contributed by atoms with Crippen molar-refractivity contribution in [1.82, 2.24) is 4.90 Å². The molecule has 1 fully saturated rings. The van der Waals surface area contributed by atoms with Crippen molar-refractivity contribution in [2.75, 3.05) is 26.7 Å². The van der Waals surface area contributed by atoms with Gasteiger partial charge in [0.2, 0.25) is 5.60 Å². The van der Waals surface area contributed by atoms with Gasteiger partial charge in [-0.25, -0.2) is 4.79 Å². The molecule has 1 N–H and O–H groups in total. The van der Waals surface area contributed by atoms with Gasteiger partial charge in [-0.3, -0.25) is 0 Å². The predicted molar refractivity (Wildman–Crippen MR) is 85.0 cm³/mol. The Labute approximate surface area is 132 Å². The molecule has 0 spiro atoms. The molecular formula is C18H23NO3. The van der Waals surface area contributed by atoms with Crippen molar-refractivity contribution in [3.05, 3.63) is 35.9 Å². The van der Waals surface area contributed by atoms with Crippen molar-refractivity contribution in [3.63, 3.8) is 0 Å². The smallest absolute Gasteiger partial charge is 0.355 e. The van der Waals surface area contributed by atoms with E-state index in [4.69, 9.17) is 4.74 Å². The number of hydrogen-bond acceptors (Lipinski definition) is 4. The van der Waals surface area contributed by atoms with Crippen LogP contribution in [0.25, 0.3) is 0 Å². The number of benzene rings is 1. The van der Waals surface area contributed by atoms with Gasteiger partial charge in [-0.05, 0) is 45.8 Å². The Morgan fingerprint density at radius 3 is 2.59 bits per heavy atom. The van der Waals surface area contributed by atoms with Crippen LogP contribution in [0.1, 0.15) is 25.3 Å². The Balaban J connectivity index is 2.02. The highest BCUT2D eigenvalue weighted by Gasteiger charge is 2.38. The molecular weight excluding hydrogens is 278 g/mol. The van der Waals surface area contributed by atoms with Crippen LogP contribution in [-0.4, -0.2) is 42.7 Å². The Bertz CT molecular complexity index is 553. The Morgan fingerprint density at radius 1 is 1.36 bits per heavy atom. The van der Waals surface area contributed by atoms with E-state index >= 15 is 0 Å². The van der Waals surface area contributed by atoms with Crippen LogP contribution in [0.5, 0.6) is 0 Å². The molecule has 0 aliphatic carbocycles. The van der Waals surface area contributed by atoms with E-state index in [1.165, 1.54) is 0 Å². The van der Waals surface area contributed by atoms with Gasteiger partial charge >= 0.3 is 5.97 Å². The van der Waals surface area contributed by atoms with Crippen LogP contribution in [0.15, 0.2) is 30.3 Å². The van der Waals surface area contributed by atoms with Crippen LogP contribution in [-0.2, 0) is 15.1 Å². The van der Waals surface area contributed by atoms with Crippen LogP contribution in [0, 0.1) is 17.8 Å². The number of ether oxygens (including phenoxy) is 1. The maximum absolute atomic E-state index is 12.4. The standard InChI is InChI=1S/C18H23NO3/c1-3-11-18(21,16-7-5-4-6-8-16)17(20)22-14-15-9-12-19(2)13-10-15/h4-8,15,21H,9-10,12-14H2,1-2H3. The van der Waals surface area contributed by atoms with Gasteiger partial charge in [0.05, 0.1) is 6.61 Å². The molecule has 1 unspecified atom stereocenters. The summed E-state index contributed by atoms with van der Waals surface area (Å²) in [6, 6.07) is 8.72. The maximum Gasteiger partial charge on any atom is 0.355 e. The molecule has 22 heavy (non-hydrogen) atoms. The fourth-order valence-electron chi connectivity index (χ4n) is 2.63. The highest BCUT2D eigenvalue weighted by molar-refractivity contribution is 5.85. The van der Waals surface area contributed by atoms with Crippen LogP contribution < -0.4 is 0 Å². The average Bonchev–Trinajstić information content (AvgIpc) is 2.55. The van der Waals surface area contributed by atoms with Crippen molar-refractivity contribution in [2.45, 2.75) is 25.4 Å². The molecule has 0 aromatic heterocycles. The first kappa shape index (κ1) is 16.5. The van der Waals surface area contributed by atoms with Gasteiger partial charge in [0.1, 0.15) is 0 Å². The second kappa shape index (κ2) is 7.44. The molecule has 1 heterocycles. The molecule has 4 nitrogen and oxygen atoms in total. The highest BCUT2D eigenvalue weighted by Crippen LogP contribution is 2.23. The molecule has 1 saturated heterocycles. The third-order valence-electron chi connectivity index (χ3n) is 4.08. The lowest BCUT2D eigenvalue weighted by molar-refractivity contribution is -0.162. The van der Waals surface area contributed by atoms with E-state index in [0.29, 0.717) is 18.1 Å². The van der Waals surface area contributed by atoms with E-state index in [0.717, 1.165) is 25.9 Å². The van der Waals surface area contributed by atoms with E-state index < -0.39 is 11.6 Å². The number of nitrogens with zero attached hydrogens (tertiary/aromatic N) is 1. The van der Waals surface area contributed by atoms with Crippen molar-refractivity contribution in [1.29, 1.82) is 0 Å². The Hall–Kier alpha value is -1.83. The monoisotopic (exact) mass is 301 g/mol. The van der Waals surface area contributed by atoms with Gasteiger partial charge in [-0.2, -0.15) is 0 Å². The number of esters is 1. The van der Waals surface area contributed by atoms with Crippen LogP contribution in [0.2, 0.25) is 0 Å². The van der Waals surface area contributed by atoms with E-state index in [1.54, 1.807) is 31.2 Å². The summed E-state index contributed by atoms with van der Waals surface area (Å²) in [6.45, 7) is 3.96. The van der Waals surface area contributed by atoms with Gasteiger partial charge in [0.15, 0.2) is 0 Å². The van der Waals surface area contributed by atoms with Crippen molar-refractivity contribution < 1.29 is 14.6 Å².